The van der Waals surface area contributed by atoms with Crippen molar-refractivity contribution in [1.29, 1.82) is 0 Å². The lowest BCUT2D eigenvalue weighted by Gasteiger charge is -2.09. The Morgan fingerprint density at radius 1 is 1.30 bits per heavy atom. The van der Waals surface area contributed by atoms with E-state index in [4.69, 9.17) is 11.6 Å². The average Bonchev–Trinajstić information content (AvgIpc) is 3.17. The molecule has 0 amide bonds. The van der Waals surface area contributed by atoms with E-state index in [-0.39, 0.29) is 5.75 Å². The normalized spacial score (nSPS) is 15.3. The van der Waals surface area contributed by atoms with E-state index in [2.05, 4.69) is 26.0 Å². The van der Waals surface area contributed by atoms with Crippen molar-refractivity contribution in [3.05, 3.63) is 27.7 Å². The van der Waals surface area contributed by atoms with Gasteiger partial charge in [-0.05, 0) is 66.4 Å². The first-order chi connectivity index (χ1) is 9.46. The molecule has 0 saturated heterocycles. The summed E-state index contributed by atoms with van der Waals surface area (Å²) in [5.74, 6) is 0.132. The van der Waals surface area contributed by atoms with Crippen LogP contribution in [0.5, 0.6) is 0 Å². The van der Waals surface area contributed by atoms with Crippen LogP contribution in [0.15, 0.2) is 22.7 Å². The van der Waals surface area contributed by atoms with Crippen molar-refractivity contribution < 1.29 is 8.42 Å². The van der Waals surface area contributed by atoms with Crippen molar-refractivity contribution in [3.63, 3.8) is 0 Å². The number of benzene rings is 1. The summed E-state index contributed by atoms with van der Waals surface area (Å²) in [5, 5.41) is 3.85. The first kappa shape index (κ1) is 16.1. The lowest BCUT2D eigenvalue weighted by molar-refractivity contribution is 0.591. The molecule has 0 unspecified atom stereocenters. The molecule has 7 heteroatoms. The second-order valence-electron chi connectivity index (χ2n) is 4.99. The molecule has 0 aromatic heterocycles. The number of rotatable bonds is 8. The zero-order valence-corrected chi connectivity index (χ0v) is 14.2. The maximum absolute atomic E-state index is 11.9. The summed E-state index contributed by atoms with van der Waals surface area (Å²) in [6, 6.07) is 5.68. The van der Waals surface area contributed by atoms with Gasteiger partial charge >= 0.3 is 0 Å². The molecule has 2 rings (SSSR count). The Labute approximate surface area is 133 Å². The fourth-order valence-corrected chi connectivity index (χ4v) is 3.40. The van der Waals surface area contributed by atoms with Crippen LogP contribution in [0, 0.1) is 0 Å². The van der Waals surface area contributed by atoms with E-state index in [9.17, 15) is 8.42 Å². The maximum Gasteiger partial charge on any atom is 0.232 e. The Morgan fingerprint density at radius 3 is 2.70 bits per heavy atom. The minimum atomic E-state index is -3.30. The van der Waals surface area contributed by atoms with Gasteiger partial charge in [-0.2, -0.15) is 0 Å². The molecule has 1 aliphatic carbocycles. The van der Waals surface area contributed by atoms with E-state index in [1.807, 2.05) is 0 Å². The van der Waals surface area contributed by atoms with Gasteiger partial charge in [0.2, 0.25) is 10.0 Å². The minimum absolute atomic E-state index is 0.132. The fraction of sp³-hybridized carbons (Fsp3) is 0.538. The Morgan fingerprint density at radius 2 is 2.05 bits per heavy atom. The van der Waals surface area contributed by atoms with E-state index in [1.165, 1.54) is 12.8 Å². The Hall–Kier alpha value is -0.300. The standard InChI is InChI=1S/C13H18BrClN2O2S/c14-12-6-5-11(9-13(12)15)17-20(18,19)8-2-1-7-16-10-3-4-10/h5-6,9-10,16-17H,1-4,7-8H2. The Bertz CT molecular complexity index is 561. The third kappa shape index (κ3) is 5.60. The predicted molar refractivity (Wildman–Crippen MR) is 86.8 cm³/mol. The van der Waals surface area contributed by atoms with Crippen molar-refractivity contribution in [3.8, 4) is 0 Å². The second kappa shape index (κ2) is 7.11. The van der Waals surface area contributed by atoms with Crippen LogP contribution in [0.2, 0.25) is 5.02 Å². The van der Waals surface area contributed by atoms with E-state index < -0.39 is 10.0 Å². The molecule has 0 aliphatic heterocycles. The van der Waals surface area contributed by atoms with Gasteiger partial charge in [0.15, 0.2) is 0 Å². The molecule has 1 aliphatic rings. The molecule has 1 saturated carbocycles. The van der Waals surface area contributed by atoms with Crippen LogP contribution in [-0.2, 0) is 10.0 Å². The van der Waals surface area contributed by atoms with Crippen molar-refractivity contribution in [2.75, 3.05) is 17.0 Å². The molecule has 20 heavy (non-hydrogen) atoms. The summed E-state index contributed by atoms with van der Waals surface area (Å²) in [5.41, 5.74) is 0.495. The van der Waals surface area contributed by atoms with Gasteiger partial charge in [0, 0.05) is 10.5 Å². The lowest BCUT2D eigenvalue weighted by Crippen LogP contribution is -2.20. The van der Waals surface area contributed by atoms with Gasteiger partial charge in [0.1, 0.15) is 0 Å². The van der Waals surface area contributed by atoms with Crippen LogP contribution in [0.4, 0.5) is 5.69 Å². The van der Waals surface area contributed by atoms with Crippen molar-refractivity contribution in [2.24, 2.45) is 0 Å². The lowest BCUT2D eigenvalue weighted by atomic mass is 10.3. The molecule has 0 heterocycles. The molecule has 1 fully saturated rings. The van der Waals surface area contributed by atoms with E-state index in [0.29, 0.717) is 23.2 Å². The molecule has 112 valence electrons. The number of nitrogens with one attached hydrogen (secondary N) is 2. The third-order valence-corrected chi connectivity index (χ3v) is 5.65. The molecular formula is C13H18BrClN2O2S. The summed E-state index contributed by atoms with van der Waals surface area (Å²) in [6.45, 7) is 0.893. The van der Waals surface area contributed by atoms with E-state index >= 15 is 0 Å². The highest BCUT2D eigenvalue weighted by atomic mass is 79.9. The first-order valence-electron chi connectivity index (χ1n) is 6.65. The summed E-state index contributed by atoms with van der Waals surface area (Å²) >= 11 is 9.20. The smallest absolute Gasteiger partial charge is 0.232 e. The van der Waals surface area contributed by atoms with Crippen LogP contribution in [0.3, 0.4) is 0 Å². The topological polar surface area (TPSA) is 58.2 Å². The maximum atomic E-state index is 11.9. The van der Waals surface area contributed by atoms with Gasteiger partial charge < -0.3 is 5.32 Å². The molecule has 0 spiro atoms. The van der Waals surface area contributed by atoms with E-state index in [1.54, 1.807) is 18.2 Å². The van der Waals surface area contributed by atoms with Gasteiger partial charge in [-0.1, -0.05) is 11.6 Å². The number of anilines is 1. The molecule has 1 aromatic rings. The largest absolute Gasteiger partial charge is 0.314 e. The summed E-state index contributed by atoms with van der Waals surface area (Å²) in [4.78, 5) is 0. The average molecular weight is 382 g/mol. The zero-order chi connectivity index (χ0) is 14.6. The summed E-state index contributed by atoms with van der Waals surface area (Å²) in [7, 11) is -3.30. The number of hydrogen-bond acceptors (Lipinski definition) is 3. The highest BCUT2D eigenvalue weighted by Crippen LogP contribution is 2.26. The van der Waals surface area contributed by atoms with Gasteiger partial charge in [-0.15, -0.1) is 0 Å². The fourth-order valence-electron chi connectivity index (χ4n) is 1.80. The van der Waals surface area contributed by atoms with Crippen LogP contribution in [0.1, 0.15) is 25.7 Å². The first-order valence-corrected chi connectivity index (χ1v) is 9.47. The van der Waals surface area contributed by atoms with Crippen LogP contribution < -0.4 is 10.0 Å². The van der Waals surface area contributed by atoms with Gasteiger partial charge in [0.05, 0.1) is 16.5 Å². The van der Waals surface area contributed by atoms with Crippen LogP contribution in [-0.4, -0.2) is 26.8 Å². The predicted octanol–water partition coefficient (Wildman–Crippen LogP) is 3.38. The number of unbranched alkanes of at least 4 members (excludes halogenated alkanes) is 1. The Kier molecular flexibility index (Phi) is 5.72. The number of hydrogen-bond donors (Lipinski definition) is 2. The molecule has 1 aromatic carbocycles. The van der Waals surface area contributed by atoms with Crippen molar-refractivity contribution in [2.45, 2.75) is 31.7 Å². The second-order valence-corrected chi connectivity index (χ2v) is 8.09. The van der Waals surface area contributed by atoms with Crippen LogP contribution in [0.25, 0.3) is 0 Å². The monoisotopic (exact) mass is 380 g/mol. The Balaban J connectivity index is 1.75. The molecule has 0 atom stereocenters. The molecular weight excluding hydrogens is 364 g/mol. The van der Waals surface area contributed by atoms with Crippen molar-refractivity contribution >= 4 is 43.2 Å². The van der Waals surface area contributed by atoms with Gasteiger partial charge in [0.25, 0.3) is 0 Å². The molecule has 2 N–H and O–H groups in total. The summed E-state index contributed by atoms with van der Waals surface area (Å²) < 4.78 is 27.1. The zero-order valence-electron chi connectivity index (χ0n) is 11.0. The quantitative estimate of drug-likeness (QED) is 0.679. The third-order valence-electron chi connectivity index (χ3n) is 3.04. The number of sulfonamides is 1. The summed E-state index contributed by atoms with van der Waals surface area (Å²) in [6.07, 6.45) is 4.03. The molecule has 4 nitrogen and oxygen atoms in total. The highest BCUT2D eigenvalue weighted by molar-refractivity contribution is 9.10. The molecule has 0 bridgehead atoms. The van der Waals surface area contributed by atoms with Crippen LogP contribution >= 0.6 is 27.5 Å². The minimum Gasteiger partial charge on any atom is -0.314 e. The van der Waals surface area contributed by atoms with Gasteiger partial charge in [-0.3, -0.25) is 4.72 Å². The molecule has 0 radical (unpaired) electrons. The SMILES string of the molecule is O=S(=O)(CCCCNC1CC1)Nc1ccc(Br)c(Cl)c1. The van der Waals surface area contributed by atoms with Crippen molar-refractivity contribution in [1.82, 2.24) is 5.32 Å². The highest BCUT2D eigenvalue weighted by Gasteiger charge is 2.19. The number of halogens is 2. The van der Waals surface area contributed by atoms with E-state index in [0.717, 1.165) is 17.4 Å². The van der Waals surface area contributed by atoms with Gasteiger partial charge in [-0.25, -0.2) is 8.42 Å².